The van der Waals surface area contributed by atoms with Crippen molar-refractivity contribution in [3.63, 3.8) is 0 Å². The SMILES string of the molecule is COc1c(C)cnc(CN2CC(C)CC(N)C2)c1C. The van der Waals surface area contributed by atoms with E-state index in [4.69, 9.17) is 10.5 Å². The highest BCUT2D eigenvalue weighted by atomic mass is 16.5. The summed E-state index contributed by atoms with van der Waals surface area (Å²) in [5.41, 5.74) is 9.44. The summed E-state index contributed by atoms with van der Waals surface area (Å²) < 4.78 is 5.46. The van der Waals surface area contributed by atoms with Crippen LogP contribution in [0.25, 0.3) is 0 Å². The van der Waals surface area contributed by atoms with Crippen molar-refractivity contribution >= 4 is 0 Å². The monoisotopic (exact) mass is 263 g/mol. The summed E-state index contributed by atoms with van der Waals surface area (Å²) in [7, 11) is 1.72. The van der Waals surface area contributed by atoms with Gasteiger partial charge in [-0.15, -0.1) is 0 Å². The van der Waals surface area contributed by atoms with Gasteiger partial charge < -0.3 is 10.5 Å². The maximum Gasteiger partial charge on any atom is 0.128 e. The summed E-state index contributed by atoms with van der Waals surface area (Å²) in [6.45, 7) is 9.30. The van der Waals surface area contributed by atoms with Crippen LogP contribution in [0.4, 0.5) is 0 Å². The van der Waals surface area contributed by atoms with Crippen molar-refractivity contribution in [3.8, 4) is 5.75 Å². The highest BCUT2D eigenvalue weighted by Crippen LogP contribution is 2.26. The van der Waals surface area contributed by atoms with Gasteiger partial charge in [-0.2, -0.15) is 0 Å². The number of pyridine rings is 1. The molecule has 0 spiro atoms. The van der Waals surface area contributed by atoms with E-state index in [-0.39, 0.29) is 6.04 Å². The molecule has 1 aliphatic heterocycles. The van der Waals surface area contributed by atoms with Gasteiger partial charge in [-0.1, -0.05) is 6.92 Å². The number of nitrogens with two attached hydrogens (primary N) is 1. The molecule has 4 nitrogen and oxygen atoms in total. The Kier molecular flexibility index (Phi) is 4.42. The number of nitrogens with zero attached hydrogens (tertiary/aromatic N) is 2. The Hall–Kier alpha value is -1.13. The van der Waals surface area contributed by atoms with Crippen LogP contribution < -0.4 is 10.5 Å². The zero-order chi connectivity index (χ0) is 14.0. The summed E-state index contributed by atoms with van der Waals surface area (Å²) in [6, 6.07) is 0.288. The Morgan fingerprint density at radius 1 is 1.42 bits per heavy atom. The Balaban J connectivity index is 2.15. The van der Waals surface area contributed by atoms with Crippen LogP contribution in [0.15, 0.2) is 6.20 Å². The molecule has 19 heavy (non-hydrogen) atoms. The van der Waals surface area contributed by atoms with Gasteiger partial charge in [-0.05, 0) is 26.2 Å². The quantitative estimate of drug-likeness (QED) is 0.904. The Morgan fingerprint density at radius 3 is 2.79 bits per heavy atom. The van der Waals surface area contributed by atoms with E-state index in [1.807, 2.05) is 13.1 Å². The molecule has 2 atom stereocenters. The minimum absolute atomic E-state index is 0.288. The third kappa shape index (κ3) is 3.25. The van der Waals surface area contributed by atoms with Crippen molar-refractivity contribution in [2.24, 2.45) is 11.7 Å². The van der Waals surface area contributed by atoms with Gasteiger partial charge in [0.15, 0.2) is 0 Å². The van der Waals surface area contributed by atoms with Gasteiger partial charge in [0, 0.05) is 43.0 Å². The lowest BCUT2D eigenvalue weighted by molar-refractivity contribution is 0.156. The number of aryl methyl sites for hydroxylation is 1. The second kappa shape index (κ2) is 5.88. The Labute approximate surface area is 116 Å². The topological polar surface area (TPSA) is 51.4 Å². The Bertz CT molecular complexity index is 437. The van der Waals surface area contributed by atoms with Gasteiger partial charge in [0.2, 0.25) is 0 Å². The maximum atomic E-state index is 6.10. The van der Waals surface area contributed by atoms with Crippen LogP contribution >= 0.6 is 0 Å². The predicted octanol–water partition coefficient (Wildman–Crippen LogP) is 1.88. The Morgan fingerprint density at radius 2 is 2.16 bits per heavy atom. The molecule has 0 amide bonds. The lowest BCUT2D eigenvalue weighted by Gasteiger charge is -2.34. The molecule has 1 fully saturated rings. The molecule has 2 unspecified atom stereocenters. The van der Waals surface area contributed by atoms with Gasteiger partial charge in [-0.3, -0.25) is 9.88 Å². The molecule has 0 radical (unpaired) electrons. The largest absolute Gasteiger partial charge is 0.496 e. The third-order valence-electron chi connectivity index (χ3n) is 3.89. The zero-order valence-electron chi connectivity index (χ0n) is 12.4. The van der Waals surface area contributed by atoms with Crippen LogP contribution in [0.2, 0.25) is 0 Å². The van der Waals surface area contributed by atoms with Crippen LogP contribution in [-0.2, 0) is 6.54 Å². The third-order valence-corrected chi connectivity index (χ3v) is 3.89. The number of hydrogen-bond donors (Lipinski definition) is 1. The summed E-state index contributed by atoms with van der Waals surface area (Å²) in [5.74, 6) is 1.62. The van der Waals surface area contributed by atoms with E-state index in [0.29, 0.717) is 5.92 Å². The van der Waals surface area contributed by atoms with Crippen LogP contribution in [-0.4, -0.2) is 36.1 Å². The predicted molar refractivity (Wildman–Crippen MR) is 77.3 cm³/mol. The second-order valence-corrected chi connectivity index (χ2v) is 5.84. The summed E-state index contributed by atoms with van der Waals surface area (Å²) >= 11 is 0. The van der Waals surface area contributed by atoms with Crippen molar-refractivity contribution in [2.45, 2.75) is 39.8 Å². The smallest absolute Gasteiger partial charge is 0.128 e. The molecule has 106 valence electrons. The van der Waals surface area contributed by atoms with E-state index in [1.54, 1.807) is 7.11 Å². The molecule has 1 aromatic heterocycles. The first kappa shape index (κ1) is 14.3. The molecular weight excluding hydrogens is 238 g/mol. The van der Waals surface area contributed by atoms with Crippen LogP contribution in [0, 0.1) is 19.8 Å². The maximum absolute atomic E-state index is 6.10. The van der Waals surface area contributed by atoms with Gasteiger partial charge in [-0.25, -0.2) is 0 Å². The standard InChI is InChI=1S/C15H25N3O/c1-10-5-13(16)8-18(7-10)9-14-12(3)15(19-4)11(2)6-17-14/h6,10,13H,5,7-9,16H2,1-4H3. The minimum atomic E-state index is 0.288. The van der Waals surface area contributed by atoms with Crippen molar-refractivity contribution in [3.05, 3.63) is 23.0 Å². The highest BCUT2D eigenvalue weighted by molar-refractivity contribution is 5.41. The first-order valence-corrected chi connectivity index (χ1v) is 6.98. The van der Waals surface area contributed by atoms with Crippen LogP contribution in [0.3, 0.4) is 0 Å². The zero-order valence-corrected chi connectivity index (χ0v) is 12.4. The van der Waals surface area contributed by atoms with Crippen molar-refractivity contribution in [1.82, 2.24) is 9.88 Å². The van der Waals surface area contributed by atoms with E-state index >= 15 is 0 Å². The van der Waals surface area contributed by atoms with E-state index < -0.39 is 0 Å². The van der Waals surface area contributed by atoms with Crippen LogP contribution in [0.1, 0.15) is 30.2 Å². The van der Waals surface area contributed by atoms with Crippen LogP contribution in [0.5, 0.6) is 5.75 Å². The highest BCUT2D eigenvalue weighted by Gasteiger charge is 2.23. The fraction of sp³-hybridized carbons (Fsp3) is 0.667. The number of aromatic nitrogens is 1. The molecule has 2 rings (SSSR count). The van der Waals surface area contributed by atoms with Crippen molar-refractivity contribution in [1.29, 1.82) is 0 Å². The first-order valence-electron chi connectivity index (χ1n) is 6.98. The lowest BCUT2D eigenvalue weighted by Crippen LogP contribution is -2.45. The number of piperidine rings is 1. The fourth-order valence-corrected chi connectivity index (χ4v) is 3.08. The van der Waals surface area contributed by atoms with E-state index in [1.165, 1.54) is 0 Å². The fourth-order valence-electron chi connectivity index (χ4n) is 3.08. The average molecular weight is 263 g/mol. The normalized spacial score (nSPS) is 24.5. The lowest BCUT2D eigenvalue weighted by atomic mass is 9.96. The van der Waals surface area contributed by atoms with Crippen molar-refractivity contribution in [2.75, 3.05) is 20.2 Å². The van der Waals surface area contributed by atoms with E-state index in [0.717, 1.165) is 48.6 Å². The molecule has 1 aromatic rings. The molecule has 2 N–H and O–H groups in total. The molecule has 1 aliphatic rings. The molecule has 0 aromatic carbocycles. The summed E-state index contributed by atoms with van der Waals surface area (Å²) in [6.07, 6.45) is 3.02. The molecule has 0 aliphatic carbocycles. The van der Waals surface area contributed by atoms with Gasteiger partial charge >= 0.3 is 0 Å². The first-order chi connectivity index (χ1) is 9.01. The number of likely N-dealkylation sites (tertiary alicyclic amines) is 1. The minimum Gasteiger partial charge on any atom is -0.496 e. The van der Waals surface area contributed by atoms with E-state index in [2.05, 4.69) is 23.7 Å². The number of hydrogen-bond acceptors (Lipinski definition) is 4. The number of methoxy groups -OCH3 is 1. The molecule has 1 saturated heterocycles. The number of ether oxygens (including phenoxy) is 1. The van der Waals surface area contributed by atoms with Gasteiger partial charge in [0.25, 0.3) is 0 Å². The summed E-state index contributed by atoms with van der Waals surface area (Å²) in [4.78, 5) is 6.97. The van der Waals surface area contributed by atoms with Gasteiger partial charge in [0.1, 0.15) is 5.75 Å². The van der Waals surface area contributed by atoms with Crippen molar-refractivity contribution < 1.29 is 4.74 Å². The van der Waals surface area contributed by atoms with E-state index in [9.17, 15) is 0 Å². The average Bonchev–Trinajstić information content (AvgIpc) is 2.32. The second-order valence-electron chi connectivity index (χ2n) is 5.84. The molecule has 4 heteroatoms. The molecule has 0 bridgehead atoms. The molecular formula is C15H25N3O. The van der Waals surface area contributed by atoms with Gasteiger partial charge in [0.05, 0.1) is 12.8 Å². The molecule has 0 saturated carbocycles. The summed E-state index contributed by atoms with van der Waals surface area (Å²) in [5, 5.41) is 0. The molecule has 2 heterocycles. The number of rotatable bonds is 3.